The van der Waals surface area contributed by atoms with Gasteiger partial charge in [0.2, 0.25) is 0 Å². The average molecular weight is 316 g/mol. The second-order valence-corrected chi connectivity index (χ2v) is 4.55. The number of hydrogen-bond acceptors (Lipinski definition) is 5. The van der Waals surface area contributed by atoms with Crippen LogP contribution in [0.25, 0.3) is 0 Å². The number of hydrogen-bond donors (Lipinski definition) is 1. The fraction of sp³-hybridized carbons (Fsp3) is 0.188. The minimum atomic E-state index is -0.499. The van der Waals surface area contributed by atoms with Crippen molar-refractivity contribution in [2.24, 2.45) is 0 Å². The van der Waals surface area contributed by atoms with Gasteiger partial charge in [-0.15, -0.1) is 0 Å². The highest BCUT2D eigenvalue weighted by atomic mass is 16.6. The monoisotopic (exact) mass is 316 g/mol. The van der Waals surface area contributed by atoms with Gasteiger partial charge in [-0.3, -0.25) is 14.9 Å². The molecule has 120 valence electrons. The van der Waals surface area contributed by atoms with Crippen LogP contribution >= 0.6 is 0 Å². The predicted octanol–water partition coefficient (Wildman–Crippen LogP) is 3.01. The third kappa shape index (κ3) is 4.99. The molecule has 0 saturated carbocycles. The van der Waals surface area contributed by atoms with Crippen molar-refractivity contribution in [1.29, 1.82) is 0 Å². The Labute approximate surface area is 133 Å². The zero-order chi connectivity index (χ0) is 16.7. The number of ether oxygens (including phenoxy) is 2. The van der Waals surface area contributed by atoms with E-state index >= 15 is 0 Å². The molecule has 0 aliphatic carbocycles. The Bertz CT molecular complexity index is 668. The summed E-state index contributed by atoms with van der Waals surface area (Å²) in [7, 11) is 0. The number of amides is 1. The van der Waals surface area contributed by atoms with Gasteiger partial charge in [-0.1, -0.05) is 0 Å². The van der Waals surface area contributed by atoms with Crippen LogP contribution in [0.15, 0.2) is 48.5 Å². The summed E-state index contributed by atoms with van der Waals surface area (Å²) < 4.78 is 10.7. The molecule has 0 saturated heterocycles. The maximum atomic E-state index is 11.8. The number of carbonyl (C=O) groups is 1. The van der Waals surface area contributed by atoms with Crippen LogP contribution in [0.1, 0.15) is 6.92 Å². The summed E-state index contributed by atoms with van der Waals surface area (Å²) >= 11 is 0. The van der Waals surface area contributed by atoms with Crippen LogP contribution in [0.5, 0.6) is 11.5 Å². The first-order chi connectivity index (χ1) is 11.1. The summed E-state index contributed by atoms with van der Waals surface area (Å²) in [5.41, 5.74) is 0.435. The number of nitrogens with zero attached hydrogens (tertiary/aromatic N) is 1. The maximum Gasteiger partial charge on any atom is 0.269 e. The molecule has 0 bridgehead atoms. The SMILES string of the molecule is CCOc1ccc(OCC(=O)Nc2ccc([N+](=O)[O-])cc2)cc1. The van der Waals surface area contributed by atoms with Crippen LogP contribution in [0.3, 0.4) is 0 Å². The molecule has 2 rings (SSSR count). The highest BCUT2D eigenvalue weighted by Crippen LogP contribution is 2.18. The van der Waals surface area contributed by atoms with Gasteiger partial charge in [-0.25, -0.2) is 0 Å². The molecule has 1 N–H and O–H groups in total. The van der Waals surface area contributed by atoms with Crippen LogP contribution < -0.4 is 14.8 Å². The lowest BCUT2D eigenvalue weighted by molar-refractivity contribution is -0.384. The summed E-state index contributed by atoms with van der Waals surface area (Å²) in [4.78, 5) is 21.8. The third-order valence-corrected chi connectivity index (χ3v) is 2.87. The minimum Gasteiger partial charge on any atom is -0.494 e. The molecule has 7 heteroatoms. The van der Waals surface area contributed by atoms with Crippen molar-refractivity contribution in [3.8, 4) is 11.5 Å². The molecule has 0 aliphatic rings. The van der Waals surface area contributed by atoms with Crippen molar-refractivity contribution in [2.75, 3.05) is 18.5 Å². The molecular weight excluding hydrogens is 300 g/mol. The Balaban J connectivity index is 1.83. The molecule has 0 unspecified atom stereocenters. The molecule has 0 aromatic heterocycles. The van der Waals surface area contributed by atoms with E-state index in [1.807, 2.05) is 6.92 Å². The summed E-state index contributed by atoms with van der Waals surface area (Å²) in [5, 5.41) is 13.1. The molecule has 0 radical (unpaired) electrons. The fourth-order valence-corrected chi connectivity index (χ4v) is 1.81. The van der Waals surface area contributed by atoms with E-state index in [1.54, 1.807) is 24.3 Å². The number of anilines is 1. The molecule has 0 atom stereocenters. The molecule has 2 aromatic rings. The zero-order valence-corrected chi connectivity index (χ0v) is 12.5. The van der Waals surface area contributed by atoms with Crippen molar-refractivity contribution in [3.63, 3.8) is 0 Å². The Hall–Kier alpha value is -3.09. The highest BCUT2D eigenvalue weighted by molar-refractivity contribution is 5.91. The smallest absolute Gasteiger partial charge is 0.269 e. The summed E-state index contributed by atoms with van der Waals surface area (Å²) in [6.07, 6.45) is 0. The van der Waals surface area contributed by atoms with Crippen LogP contribution in [0.2, 0.25) is 0 Å². The quantitative estimate of drug-likeness (QED) is 0.626. The van der Waals surface area contributed by atoms with Gasteiger partial charge in [0.1, 0.15) is 11.5 Å². The van der Waals surface area contributed by atoms with E-state index in [9.17, 15) is 14.9 Å². The van der Waals surface area contributed by atoms with E-state index in [0.717, 1.165) is 5.75 Å². The van der Waals surface area contributed by atoms with Gasteiger partial charge < -0.3 is 14.8 Å². The number of nitro groups is 1. The van der Waals surface area contributed by atoms with Crippen molar-refractivity contribution < 1.29 is 19.2 Å². The van der Waals surface area contributed by atoms with Gasteiger partial charge in [0, 0.05) is 17.8 Å². The third-order valence-electron chi connectivity index (χ3n) is 2.87. The van der Waals surface area contributed by atoms with E-state index in [-0.39, 0.29) is 18.2 Å². The van der Waals surface area contributed by atoms with E-state index in [0.29, 0.717) is 18.0 Å². The number of nitro benzene ring substituents is 1. The number of rotatable bonds is 7. The molecule has 0 heterocycles. The molecule has 0 fully saturated rings. The van der Waals surface area contributed by atoms with Crippen molar-refractivity contribution in [1.82, 2.24) is 0 Å². The van der Waals surface area contributed by atoms with Gasteiger partial charge >= 0.3 is 0 Å². The Morgan fingerprint density at radius 1 is 1.04 bits per heavy atom. The highest BCUT2D eigenvalue weighted by Gasteiger charge is 2.07. The standard InChI is InChI=1S/C16H16N2O5/c1-2-22-14-7-9-15(10-8-14)23-11-16(19)17-12-3-5-13(6-4-12)18(20)21/h3-10H,2,11H2,1H3,(H,17,19). The molecule has 2 aromatic carbocycles. The van der Waals surface area contributed by atoms with Gasteiger partial charge in [0.25, 0.3) is 11.6 Å². The second kappa shape index (κ2) is 7.79. The van der Waals surface area contributed by atoms with E-state index in [4.69, 9.17) is 9.47 Å². The van der Waals surface area contributed by atoms with E-state index in [1.165, 1.54) is 24.3 Å². The molecule has 7 nitrogen and oxygen atoms in total. The number of nitrogens with one attached hydrogen (secondary N) is 1. The van der Waals surface area contributed by atoms with Crippen LogP contribution in [0, 0.1) is 10.1 Å². The molecule has 1 amide bonds. The fourth-order valence-electron chi connectivity index (χ4n) is 1.81. The van der Waals surface area contributed by atoms with Crippen LogP contribution in [-0.4, -0.2) is 24.0 Å². The predicted molar refractivity (Wildman–Crippen MR) is 84.8 cm³/mol. The lowest BCUT2D eigenvalue weighted by Gasteiger charge is -2.08. The lowest BCUT2D eigenvalue weighted by atomic mass is 10.3. The Morgan fingerprint density at radius 3 is 2.13 bits per heavy atom. The molecule has 23 heavy (non-hydrogen) atoms. The van der Waals surface area contributed by atoms with Gasteiger partial charge in [-0.05, 0) is 43.3 Å². The number of benzene rings is 2. The first kappa shape index (κ1) is 16.3. The van der Waals surface area contributed by atoms with Crippen molar-refractivity contribution in [2.45, 2.75) is 6.92 Å². The van der Waals surface area contributed by atoms with E-state index < -0.39 is 4.92 Å². The maximum absolute atomic E-state index is 11.8. The topological polar surface area (TPSA) is 90.7 Å². The van der Waals surface area contributed by atoms with Gasteiger partial charge in [0.05, 0.1) is 11.5 Å². The van der Waals surface area contributed by atoms with Gasteiger partial charge in [0.15, 0.2) is 6.61 Å². The molecular formula is C16H16N2O5. The normalized spacial score (nSPS) is 9.96. The second-order valence-electron chi connectivity index (χ2n) is 4.55. The average Bonchev–Trinajstić information content (AvgIpc) is 2.55. The van der Waals surface area contributed by atoms with Crippen LogP contribution in [-0.2, 0) is 4.79 Å². The Kier molecular flexibility index (Phi) is 5.51. The van der Waals surface area contributed by atoms with Crippen LogP contribution in [0.4, 0.5) is 11.4 Å². The zero-order valence-electron chi connectivity index (χ0n) is 12.5. The Morgan fingerprint density at radius 2 is 1.61 bits per heavy atom. The number of non-ortho nitro benzene ring substituents is 1. The minimum absolute atomic E-state index is 0.0337. The summed E-state index contributed by atoms with van der Waals surface area (Å²) in [6, 6.07) is 12.5. The molecule has 0 spiro atoms. The summed E-state index contributed by atoms with van der Waals surface area (Å²) in [6.45, 7) is 2.32. The first-order valence-corrected chi connectivity index (χ1v) is 6.98. The van der Waals surface area contributed by atoms with Crippen molar-refractivity contribution in [3.05, 3.63) is 58.6 Å². The largest absolute Gasteiger partial charge is 0.494 e. The van der Waals surface area contributed by atoms with Crippen molar-refractivity contribution >= 4 is 17.3 Å². The summed E-state index contributed by atoms with van der Waals surface area (Å²) in [5.74, 6) is 0.926. The lowest BCUT2D eigenvalue weighted by Crippen LogP contribution is -2.20. The van der Waals surface area contributed by atoms with E-state index in [2.05, 4.69) is 5.32 Å². The van der Waals surface area contributed by atoms with Gasteiger partial charge in [-0.2, -0.15) is 0 Å². The molecule has 0 aliphatic heterocycles. The number of carbonyl (C=O) groups excluding carboxylic acids is 1. The first-order valence-electron chi connectivity index (χ1n) is 6.98.